The Morgan fingerprint density at radius 2 is 2.00 bits per heavy atom. The second-order valence-corrected chi connectivity index (χ2v) is 7.09. The number of likely N-dealkylation sites (N-methyl/N-ethyl adjacent to an activating group) is 1. The van der Waals surface area contributed by atoms with Crippen molar-refractivity contribution in [1.82, 2.24) is 10.2 Å². The minimum Gasteiger partial charge on any atom is -0.338 e. The van der Waals surface area contributed by atoms with E-state index in [1.807, 2.05) is 36.2 Å². The van der Waals surface area contributed by atoms with E-state index in [0.29, 0.717) is 0 Å². The predicted octanol–water partition coefficient (Wildman–Crippen LogP) is 3.64. The summed E-state index contributed by atoms with van der Waals surface area (Å²) in [5.74, 6) is 0.169. The first kappa shape index (κ1) is 16.3. The van der Waals surface area contributed by atoms with Gasteiger partial charge in [0.2, 0.25) is 5.91 Å². The highest BCUT2D eigenvalue weighted by atomic mass is 35.5. The highest BCUT2D eigenvalue weighted by Gasteiger charge is 2.39. The van der Waals surface area contributed by atoms with Gasteiger partial charge in [-0.15, -0.1) is 0 Å². The maximum atomic E-state index is 12.8. The summed E-state index contributed by atoms with van der Waals surface area (Å²) in [5, 5.41) is 4.11. The highest BCUT2D eigenvalue weighted by molar-refractivity contribution is 6.30. The summed E-state index contributed by atoms with van der Waals surface area (Å²) in [6.45, 7) is 7.31. The molecular weight excluding hydrogens is 284 g/mol. The number of hydrogen-bond acceptors (Lipinski definition) is 2. The lowest BCUT2D eigenvalue weighted by atomic mass is 9.77. The molecule has 2 unspecified atom stereocenters. The average molecular weight is 309 g/mol. The largest absolute Gasteiger partial charge is 0.338 e. The summed E-state index contributed by atoms with van der Waals surface area (Å²) in [7, 11) is 1.88. The molecule has 1 heterocycles. The number of carbonyl (C=O) groups is 1. The number of piperidine rings is 1. The van der Waals surface area contributed by atoms with E-state index in [-0.39, 0.29) is 23.4 Å². The number of carbonyl (C=O) groups excluding carboxylic acids is 1. The van der Waals surface area contributed by atoms with Gasteiger partial charge in [-0.25, -0.2) is 0 Å². The molecule has 1 aromatic rings. The fourth-order valence-electron chi connectivity index (χ4n) is 2.99. The summed E-state index contributed by atoms with van der Waals surface area (Å²) >= 11 is 5.93. The molecule has 2 atom stereocenters. The summed E-state index contributed by atoms with van der Waals surface area (Å²) in [6.07, 6.45) is 2.22. The van der Waals surface area contributed by atoms with Gasteiger partial charge in [0, 0.05) is 12.1 Å². The second-order valence-electron chi connectivity index (χ2n) is 6.66. The highest BCUT2D eigenvalue weighted by Crippen LogP contribution is 2.32. The smallest absolute Gasteiger partial charge is 0.240 e. The number of halogens is 1. The van der Waals surface area contributed by atoms with E-state index >= 15 is 0 Å². The molecule has 0 spiro atoms. The first-order valence-corrected chi connectivity index (χ1v) is 7.96. The Balaban J connectivity index is 2.12. The van der Waals surface area contributed by atoms with Crippen LogP contribution in [0.3, 0.4) is 0 Å². The molecule has 0 aromatic heterocycles. The van der Waals surface area contributed by atoms with Gasteiger partial charge >= 0.3 is 0 Å². The van der Waals surface area contributed by atoms with Gasteiger partial charge in [0.25, 0.3) is 0 Å². The molecule has 0 bridgehead atoms. The molecule has 0 radical (unpaired) electrons. The van der Waals surface area contributed by atoms with Gasteiger partial charge < -0.3 is 10.2 Å². The Hall–Kier alpha value is -1.06. The zero-order chi connectivity index (χ0) is 15.6. The molecule has 3 nitrogen and oxygen atoms in total. The standard InChI is InChI=1S/C17H25ClN2O/c1-12(13-6-8-14(18)9-7-13)20(4)16(21)15-17(2,3)10-5-11-19-15/h6-9,12,15,19H,5,10-11H2,1-4H3. The van der Waals surface area contributed by atoms with Crippen molar-refractivity contribution in [2.45, 2.75) is 45.7 Å². The van der Waals surface area contributed by atoms with Crippen LogP contribution in [-0.2, 0) is 4.79 Å². The van der Waals surface area contributed by atoms with Crippen LogP contribution in [0.1, 0.15) is 45.2 Å². The van der Waals surface area contributed by atoms with Gasteiger partial charge in [-0.2, -0.15) is 0 Å². The van der Waals surface area contributed by atoms with Crippen LogP contribution in [0.4, 0.5) is 0 Å². The Kier molecular flexibility index (Phi) is 4.95. The third-order valence-corrected chi connectivity index (χ3v) is 4.91. The number of rotatable bonds is 3. The lowest BCUT2D eigenvalue weighted by Gasteiger charge is -2.41. The number of nitrogens with zero attached hydrogens (tertiary/aromatic N) is 1. The van der Waals surface area contributed by atoms with Gasteiger partial charge in [-0.05, 0) is 49.4 Å². The molecular formula is C17H25ClN2O. The van der Waals surface area contributed by atoms with Crippen LogP contribution >= 0.6 is 11.6 Å². The van der Waals surface area contributed by atoms with Crippen LogP contribution < -0.4 is 5.32 Å². The Morgan fingerprint density at radius 3 is 2.57 bits per heavy atom. The molecule has 116 valence electrons. The first-order valence-electron chi connectivity index (χ1n) is 7.58. The van der Waals surface area contributed by atoms with Crippen LogP contribution in [0.25, 0.3) is 0 Å². The lowest BCUT2D eigenvalue weighted by molar-refractivity contribution is -0.138. The van der Waals surface area contributed by atoms with Crippen LogP contribution in [0.2, 0.25) is 5.02 Å². The van der Waals surface area contributed by atoms with Crippen molar-refractivity contribution in [1.29, 1.82) is 0 Å². The second kappa shape index (κ2) is 6.37. The molecule has 1 aromatic carbocycles. The molecule has 1 aliphatic rings. The maximum absolute atomic E-state index is 12.8. The van der Waals surface area contributed by atoms with Gasteiger partial charge in [0.1, 0.15) is 0 Å². The zero-order valence-corrected chi connectivity index (χ0v) is 14.1. The molecule has 0 aliphatic carbocycles. The molecule has 4 heteroatoms. The zero-order valence-electron chi connectivity index (χ0n) is 13.3. The van der Waals surface area contributed by atoms with Gasteiger partial charge in [0.05, 0.1) is 12.1 Å². The normalized spacial score (nSPS) is 22.6. The van der Waals surface area contributed by atoms with Crippen molar-refractivity contribution >= 4 is 17.5 Å². The number of benzene rings is 1. The summed E-state index contributed by atoms with van der Waals surface area (Å²) < 4.78 is 0. The monoisotopic (exact) mass is 308 g/mol. The van der Waals surface area contributed by atoms with E-state index in [1.54, 1.807) is 0 Å². The van der Waals surface area contributed by atoms with Crippen molar-refractivity contribution in [3.05, 3.63) is 34.9 Å². The molecule has 1 amide bonds. The first-order chi connectivity index (χ1) is 9.83. The van der Waals surface area contributed by atoms with Crippen LogP contribution in [0.5, 0.6) is 0 Å². The topological polar surface area (TPSA) is 32.3 Å². The SMILES string of the molecule is CC(c1ccc(Cl)cc1)N(C)C(=O)C1NCCCC1(C)C. The Bertz CT molecular complexity index is 498. The van der Waals surface area contributed by atoms with Gasteiger partial charge in [-0.1, -0.05) is 37.6 Å². The number of nitrogens with one attached hydrogen (secondary N) is 1. The Labute approximate surface area is 132 Å². The molecule has 1 N–H and O–H groups in total. The lowest BCUT2D eigenvalue weighted by Crippen LogP contribution is -2.56. The molecule has 1 saturated heterocycles. The average Bonchev–Trinajstić information content (AvgIpc) is 2.45. The van der Waals surface area contributed by atoms with E-state index in [4.69, 9.17) is 11.6 Å². The molecule has 1 fully saturated rings. The van der Waals surface area contributed by atoms with Crippen molar-refractivity contribution < 1.29 is 4.79 Å². The van der Waals surface area contributed by atoms with E-state index < -0.39 is 0 Å². The predicted molar refractivity (Wildman–Crippen MR) is 87.4 cm³/mol. The summed E-state index contributed by atoms with van der Waals surface area (Å²) in [4.78, 5) is 14.7. The number of hydrogen-bond donors (Lipinski definition) is 1. The van der Waals surface area contributed by atoms with Crippen molar-refractivity contribution in [3.63, 3.8) is 0 Å². The fraction of sp³-hybridized carbons (Fsp3) is 0.588. The number of amides is 1. The molecule has 21 heavy (non-hydrogen) atoms. The minimum absolute atomic E-state index is 0.00328. The van der Waals surface area contributed by atoms with E-state index in [0.717, 1.165) is 30.0 Å². The van der Waals surface area contributed by atoms with Crippen molar-refractivity contribution in [2.75, 3.05) is 13.6 Å². The molecule has 0 saturated carbocycles. The Morgan fingerprint density at radius 1 is 1.38 bits per heavy atom. The summed E-state index contributed by atoms with van der Waals surface area (Å²) in [5.41, 5.74) is 1.10. The van der Waals surface area contributed by atoms with Crippen molar-refractivity contribution in [2.24, 2.45) is 5.41 Å². The minimum atomic E-state index is -0.106. The maximum Gasteiger partial charge on any atom is 0.240 e. The van der Waals surface area contributed by atoms with E-state index in [2.05, 4.69) is 26.1 Å². The van der Waals surface area contributed by atoms with Crippen LogP contribution in [-0.4, -0.2) is 30.4 Å². The van der Waals surface area contributed by atoms with E-state index in [9.17, 15) is 4.79 Å². The van der Waals surface area contributed by atoms with E-state index in [1.165, 1.54) is 0 Å². The molecule has 2 rings (SSSR count). The third-order valence-electron chi connectivity index (χ3n) is 4.66. The van der Waals surface area contributed by atoms with Crippen molar-refractivity contribution in [3.8, 4) is 0 Å². The van der Waals surface area contributed by atoms with Gasteiger partial charge in [-0.3, -0.25) is 4.79 Å². The third kappa shape index (κ3) is 3.58. The van der Waals surface area contributed by atoms with Crippen LogP contribution in [0.15, 0.2) is 24.3 Å². The van der Waals surface area contributed by atoms with Gasteiger partial charge in [0.15, 0.2) is 0 Å². The fourth-order valence-corrected chi connectivity index (χ4v) is 3.12. The van der Waals surface area contributed by atoms with Crippen LogP contribution in [0, 0.1) is 5.41 Å². The quantitative estimate of drug-likeness (QED) is 0.924. The summed E-state index contributed by atoms with van der Waals surface area (Å²) in [6, 6.07) is 7.63. The molecule has 1 aliphatic heterocycles.